The number of anilines is 1. The largest absolute Gasteiger partial charge is 0.361 e. The van der Waals surface area contributed by atoms with E-state index in [1.807, 2.05) is 13.0 Å². The molecule has 3 aromatic rings. The van der Waals surface area contributed by atoms with Gasteiger partial charge >= 0.3 is 0 Å². The zero-order chi connectivity index (χ0) is 19.6. The van der Waals surface area contributed by atoms with Gasteiger partial charge in [-0.1, -0.05) is 0 Å². The van der Waals surface area contributed by atoms with Gasteiger partial charge in [0.05, 0.1) is 11.9 Å². The number of fused-ring (bicyclic) bond motifs is 1. The lowest BCUT2D eigenvalue weighted by Crippen LogP contribution is -2.48. The van der Waals surface area contributed by atoms with Crippen LogP contribution in [-0.2, 0) is 16.0 Å². The molecule has 2 heterocycles. The standard InChI is InChI=1S/C20H21FN4O2/c1-12-6-7-22-11-19(12)25(3)20(27)18(24-13(2)26)8-14-10-23-17-9-15(21)4-5-16(14)17/h4-7,9-11,18,23H,8H2,1-3H3,(H,24,26). The number of benzene rings is 1. The topological polar surface area (TPSA) is 78.1 Å². The number of nitrogens with one attached hydrogen (secondary N) is 2. The Labute approximate surface area is 156 Å². The molecule has 2 amide bonds. The number of likely N-dealkylation sites (N-methyl/N-ethyl adjacent to an activating group) is 1. The average molecular weight is 368 g/mol. The van der Waals surface area contributed by atoms with Gasteiger partial charge in [-0.25, -0.2) is 4.39 Å². The molecule has 0 radical (unpaired) electrons. The molecule has 140 valence electrons. The number of aryl methyl sites for hydroxylation is 1. The average Bonchev–Trinajstić information content (AvgIpc) is 3.02. The molecule has 0 fully saturated rings. The molecule has 2 N–H and O–H groups in total. The fourth-order valence-corrected chi connectivity index (χ4v) is 3.15. The van der Waals surface area contributed by atoms with E-state index in [0.717, 1.165) is 16.5 Å². The Morgan fingerprint density at radius 1 is 1.33 bits per heavy atom. The highest BCUT2D eigenvalue weighted by Gasteiger charge is 2.26. The lowest BCUT2D eigenvalue weighted by molar-refractivity contribution is -0.126. The van der Waals surface area contributed by atoms with Crippen molar-refractivity contribution in [3.05, 3.63) is 59.8 Å². The van der Waals surface area contributed by atoms with E-state index < -0.39 is 6.04 Å². The molecule has 0 spiro atoms. The number of aromatic amines is 1. The summed E-state index contributed by atoms with van der Waals surface area (Å²) in [7, 11) is 1.66. The summed E-state index contributed by atoms with van der Waals surface area (Å²) in [4.78, 5) is 33.3. The molecule has 0 aliphatic heterocycles. The van der Waals surface area contributed by atoms with E-state index in [2.05, 4.69) is 15.3 Å². The number of hydrogen-bond acceptors (Lipinski definition) is 3. The number of carbonyl (C=O) groups excluding carboxylic acids is 2. The molecule has 6 nitrogen and oxygen atoms in total. The minimum atomic E-state index is -0.754. The van der Waals surface area contributed by atoms with E-state index in [1.54, 1.807) is 31.7 Å². The molecule has 1 atom stereocenters. The number of nitrogens with zero attached hydrogens (tertiary/aromatic N) is 2. The van der Waals surface area contributed by atoms with Gasteiger partial charge in [0, 0.05) is 43.7 Å². The highest BCUT2D eigenvalue weighted by molar-refractivity contribution is 5.99. The van der Waals surface area contributed by atoms with E-state index in [0.29, 0.717) is 11.2 Å². The second kappa shape index (κ2) is 7.57. The van der Waals surface area contributed by atoms with Crippen LogP contribution in [0.1, 0.15) is 18.1 Å². The van der Waals surface area contributed by atoms with Crippen LogP contribution >= 0.6 is 0 Å². The fourth-order valence-electron chi connectivity index (χ4n) is 3.15. The molecule has 7 heteroatoms. The first-order valence-corrected chi connectivity index (χ1v) is 8.57. The molecule has 0 aliphatic rings. The highest BCUT2D eigenvalue weighted by Crippen LogP contribution is 2.22. The summed E-state index contributed by atoms with van der Waals surface area (Å²) in [6, 6.07) is 5.51. The minimum absolute atomic E-state index is 0.252. The van der Waals surface area contributed by atoms with Gasteiger partial charge in [-0.05, 0) is 42.3 Å². The van der Waals surface area contributed by atoms with Crippen LogP contribution in [0.25, 0.3) is 10.9 Å². The summed E-state index contributed by atoms with van der Waals surface area (Å²) < 4.78 is 13.4. The predicted molar refractivity (Wildman–Crippen MR) is 102 cm³/mol. The molecule has 0 saturated heterocycles. The van der Waals surface area contributed by atoms with Gasteiger partial charge in [0.1, 0.15) is 11.9 Å². The van der Waals surface area contributed by atoms with Crippen molar-refractivity contribution in [1.82, 2.24) is 15.3 Å². The summed E-state index contributed by atoms with van der Waals surface area (Å²) >= 11 is 0. The normalized spacial score (nSPS) is 12.0. The number of halogens is 1. The Kier molecular flexibility index (Phi) is 5.21. The molecule has 2 aromatic heterocycles. The molecule has 27 heavy (non-hydrogen) atoms. The highest BCUT2D eigenvalue weighted by atomic mass is 19.1. The number of carbonyl (C=O) groups is 2. The third kappa shape index (κ3) is 3.97. The van der Waals surface area contributed by atoms with Gasteiger partial charge in [0.2, 0.25) is 11.8 Å². The Morgan fingerprint density at radius 2 is 2.11 bits per heavy atom. The van der Waals surface area contributed by atoms with Crippen molar-refractivity contribution in [2.75, 3.05) is 11.9 Å². The molecular formula is C20H21FN4O2. The second-order valence-corrected chi connectivity index (χ2v) is 6.52. The Bertz CT molecular complexity index is 999. The molecule has 3 rings (SSSR count). The summed E-state index contributed by atoms with van der Waals surface area (Å²) in [5.41, 5.74) is 3.06. The van der Waals surface area contributed by atoms with Crippen LogP contribution in [0, 0.1) is 12.7 Å². The van der Waals surface area contributed by atoms with E-state index >= 15 is 0 Å². The van der Waals surface area contributed by atoms with E-state index in [4.69, 9.17) is 0 Å². The molecular weight excluding hydrogens is 347 g/mol. The van der Waals surface area contributed by atoms with Gasteiger partial charge < -0.3 is 15.2 Å². The first kappa shape index (κ1) is 18.6. The lowest BCUT2D eigenvalue weighted by atomic mass is 10.0. The summed E-state index contributed by atoms with van der Waals surface area (Å²) in [6.45, 7) is 3.27. The van der Waals surface area contributed by atoms with Crippen molar-refractivity contribution in [1.29, 1.82) is 0 Å². The van der Waals surface area contributed by atoms with Crippen LogP contribution in [0.4, 0.5) is 10.1 Å². The lowest BCUT2D eigenvalue weighted by Gasteiger charge is -2.25. The second-order valence-electron chi connectivity index (χ2n) is 6.52. The third-order valence-corrected chi connectivity index (χ3v) is 4.53. The van der Waals surface area contributed by atoms with Crippen LogP contribution in [-0.4, -0.2) is 34.9 Å². The fraction of sp³-hybridized carbons (Fsp3) is 0.250. The number of hydrogen-bond donors (Lipinski definition) is 2. The van der Waals surface area contributed by atoms with Crippen molar-refractivity contribution in [2.24, 2.45) is 0 Å². The maximum atomic E-state index is 13.4. The number of amides is 2. The number of rotatable bonds is 5. The summed E-state index contributed by atoms with van der Waals surface area (Å²) in [6.07, 6.45) is 5.30. The first-order chi connectivity index (χ1) is 12.9. The van der Waals surface area contributed by atoms with Crippen LogP contribution in [0.2, 0.25) is 0 Å². The van der Waals surface area contributed by atoms with Crippen molar-refractivity contribution in [3.63, 3.8) is 0 Å². The van der Waals surface area contributed by atoms with Crippen molar-refractivity contribution >= 4 is 28.4 Å². The summed E-state index contributed by atoms with van der Waals surface area (Å²) in [5, 5.41) is 3.54. The molecule has 0 saturated carbocycles. The van der Waals surface area contributed by atoms with Gasteiger partial charge in [-0.15, -0.1) is 0 Å². The van der Waals surface area contributed by atoms with Crippen LogP contribution in [0.3, 0.4) is 0 Å². The Balaban J connectivity index is 1.90. The van der Waals surface area contributed by atoms with Crippen LogP contribution < -0.4 is 10.2 Å². The quantitative estimate of drug-likeness (QED) is 0.727. The van der Waals surface area contributed by atoms with Crippen molar-refractivity contribution in [3.8, 4) is 0 Å². The first-order valence-electron chi connectivity index (χ1n) is 8.57. The van der Waals surface area contributed by atoms with Crippen molar-refractivity contribution < 1.29 is 14.0 Å². The monoisotopic (exact) mass is 368 g/mol. The Morgan fingerprint density at radius 3 is 2.81 bits per heavy atom. The predicted octanol–water partition coefficient (Wildman–Crippen LogP) is 2.72. The maximum absolute atomic E-state index is 13.4. The van der Waals surface area contributed by atoms with E-state index in [-0.39, 0.29) is 24.1 Å². The Hall–Kier alpha value is -3.22. The van der Waals surface area contributed by atoms with E-state index in [9.17, 15) is 14.0 Å². The molecule has 1 unspecified atom stereocenters. The number of aromatic nitrogens is 2. The zero-order valence-electron chi connectivity index (χ0n) is 15.4. The van der Waals surface area contributed by atoms with E-state index in [1.165, 1.54) is 24.0 Å². The molecule has 0 bridgehead atoms. The van der Waals surface area contributed by atoms with Gasteiger partial charge in [-0.3, -0.25) is 14.6 Å². The maximum Gasteiger partial charge on any atom is 0.249 e. The molecule has 0 aliphatic carbocycles. The number of pyridine rings is 1. The third-order valence-electron chi connectivity index (χ3n) is 4.53. The number of H-pyrrole nitrogens is 1. The van der Waals surface area contributed by atoms with Crippen LogP contribution in [0.15, 0.2) is 42.9 Å². The molecule has 1 aromatic carbocycles. The summed E-state index contributed by atoms with van der Waals surface area (Å²) in [5.74, 6) is -0.884. The zero-order valence-corrected chi connectivity index (χ0v) is 15.4. The van der Waals surface area contributed by atoms with Gasteiger partial charge in [-0.2, -0.15) is 0 Å². The van der Waals surface area contributed by atoms with Crippen molar-refractivity contribution in [2.45, 2.75) is 26.3 Å². The van der Waals surface area contributed by atoms with Crippen LogP contribution in [0.5, 0.6) is 0 Å². The SMILES string of the molecule is CC(=O)NC(Cc1c[nH]c2cc(F)ccc12)C(=O)N(C)c1cnccc1C. The minimum Gasteiger partial charge on any atom is -0.361 e. The van der Waals surface area contributed by atoms with Gasteiger partial charge in [0.15, 0.2) is 0 Å². The van der Waals surface area contributed by atoms with Gasteiger partial charge in [0.25, 0.3) is 0 Å². The smallest absolute Gasteiger partial charge is 0.249 e.